The van der Waals surface area contributed by atoms with E-state index in [1.807, 2.05) is 0 Å². The highest BCUT2D eigenvalue weighted by atomic mass is 19.1. The quantitative estimate of drug-likeness (QED) is 0.834. The first-order valence-corrected chi connectivity index (χ1v) is 6.23. The number of halogens is 1. The SMILES string of the molecule is COBN1CCC(C#N)(c2cccc(F)c2O)CC1. The van der Waals surface area contributed by atoms with Gasteiger partial charge in [-0.2, -0.15) is 5.26 Å². The largest absolute Gasteiger partial charge is 0.505 e. The Labute approximate surface area is 112 Å². The maximum Gasteiger partial charge on any atom is 0.363 e. The fraction of sp³-hybridized carbons (Fsp3) is 0.462. The van der Waals surface area contributed by atoms with Crippen molar-refractivity contribution in [3.05, 3.63) is 29.6 Å². The van der Waals surface area contributed by atoms with E-state index in [0.29, 0.717) is 39.1 Å². The Kier molecular flexibility index (Phi) is 4.08. The smallest absolute Gasteiger partial charge is 0.363 e. The molecule has 6 heteroatoms. The number of hydrogen-bond donors (Lipinski definition) is 1. The molecule has 0 spiro atoms. The van der Waals surface area contributed by atoms with Crippen LogP contribution in [0.5, 0.6) is 5.75 Å². The molecule has 0 unspecified atom stereocenters. The molecule has 0 saturated carbocycles. The molecule has 4 nitrogen and oxygen atoms in total. The van der Waals surface area contributed by atoms with Crippen LogP contribution < -0.4 is 0 Å². The van der Waals surface area contributed by atoms with E-state index >= 15 is 0 Å². The minimum absolute atomic E-state index is 0.395. The van der Waals surface area contributed by atoms with Crippen LogP contribution in [0, 0.1) is 17.1 Å². The van der Waals surface area contributed by atoms with E-state index < -0.39 is 17.0 Å². The molecule has 0 aromatic heterocycles. The summed E-state index contributed by atoms with van der Waals surface area (Å²) in [4.78, 5) is 2.09. The zero-order valence-corrected chi connectivity index (χ0v) is 10.9. The maximum absolute atomic E-state index is 13.4. The molecule has 1 heterocycles. The molecular weight excluding hydrogens is 246 g/mol. The number of phenolic OH excluding ortho intramolecular Hbond substituents is 1. The molecule has 0 atom stereocenters. The lowest BCUT2D eigenvalue weighted by Gasteiger charge is -2.37. The normalized spacial score (nSPS) is 18.8. The Morgan fingerprint density at radius 1 is 1.47 bits per heavy atom. The summed E-state index contributed by atoms with van der Waals surface area (Å²) in [6.07, 6.45) is 1.12. The highest BCUT2D eigenvalue weighted by Crippen LogP contribution is 2.40. The van der Waals surface area contributed by atoms with Gasteiger partial charge in [0.1, 0.15) is 0 Å². The molecule has 19 heavy (non-hydrogen) atoms. The lowest BCUT2D eigenvalue weighted by atomic mass is 9.73. The van der Waals surface area contributed by atoms with Crippen molar-refractivity contribution in [3.63, 3.8) is 0 Å². The molecule has 1 saturated heterocycles. The Bertz CT molecular complexity index is 496. The lowest BCUT2D eigenvalue weighted by Crippen LogP contribution is -2.44. The molecule has 1 aliphatic rings. The second kappa shape index (κ2) is 5.60. The van der Waals surface area contributed by atoms with Gasteiger partial charge in [-0.1, -0.05) is 12.1 Å². The Morgan fingerprint density at radius 2 is 2.16 bits per heavy atom. The summed E-state index contributed by atoms with van der Waals surface area (Å²) >= 11 is 0. The van der Waals surface area contributed by atoms with Crippen molar-refractivity contribution in [1.82, 2.24) is 4.81 Å². The van der Waals surface area contributed by atoms with Crippen LogP contribution in [0.4, 0.5) is 4.39 Å². The Hall–Kier alpha value is -1.58. The third kappa shape index (κ3) is 2.58. The van der Waals surface area contributed by atoms with Gasteiger partial charge in [0.25, 0.3) is 0 Å². The molecule has 1 N–H and O–H groups in total. The summed E-state index contributed by atoms with van der Waals surface area (Å²) in [5.41, 5.74) is -0.414. The minimum Gasteiger partial charge on any atom is -0.505 e. The second-order valence-electron chi connectivity index (χ2n) is 4.87. The molecule has 2 rings (SSSR count). The third-order valence-corrected chi connectivity index (χ3v) is 3.74. The van der Waals surface area contributed by atoms with Gasteiger partial charge in [0.2, 0.25) is 0 Å². The van der Waals surface area contributed by atoms with Gasteiger partial charge in [-0.05, 0) is 32.0 Å². The van der Waals surface area contributed by atoms with Gasteiger partial charge < -0.3 is 14.6 Å². The number of nitrogens with zero attached hydrogens (tertiary/aromatic N) is 2. The highest BCUT2D eigenvalue weighted by Gasteiger charge is 2.39. The van der Waals surface area contributed by atoms with Crippen LogP contribution >= 0.6 is 0 Å². The van der Waals surface area contributed by atoms with Gasteiger partial charge in [0.15, 0.2) is 11.6 Å². The summed E-state index contributed by atoms with van der Waals surface area (Å²) in [6, 6.07) is 6.63. The zero-order valence-electron chi connectivity index (χ0n) is 10.9. The number of phenols is 1. The maximum atomic E-state index is 13.4. The average Bonchev–Trinajstić information content (AvgIpc) is 2.44. The van der Waals surface area contributed by atoms with Crippen molar-refractivity contribution in [1.29, 1.82) is 5.26 Å². The lowest BCUT2D eigenvalue weighted by molar-refractivity contribution is 0.245. The van der Waals surface area contributed by atoms with Crippen molar-refractivity contribution in [3.8, 4) is 11.8 Å². The van der Waals surface area contributed by atoms with Crippen molar-refractivity contribution in [2.45, 2.75) is 18.3 Å². The van der Waals surface area contributed by atoms with Gasteiger partial charge in [-0.15, -0.1) is 0 Å². The van der Waals surface area contributed by atoms with Crippen LogP contribution in [-0.2, 0) is 10.1 Å². The van der Waals surface area contributed by atoms with E-state index in [2.05, 4.69) is 10.9 Å². The Morgan fingerprint density at radius 3 is 2.74 bits per heavy atom. The molecule has 0 bridgehead atoms. The van der Waals surface area contributed by atoms with Crippen molar-refractivity contribution >= 4 is 7.62 Å². The van der Waals surface area contributed by atoms with Gasteiger partial charge >= 0.3 is 7.62 Å². The number of piperidine rings is 1. The Balaban J connectivity index is 2.26. The molecule has 0 amide bonds. The number of hydrogen-bond acceptors (Lipinski definition) is 4. The fourth-order valence-corrected chi connectivity index (χ4v) is 2.59. The van der Waals surface area contributed by atoms with E-state index in [1.165, 1.54) is 12.1 Å². The summed E-state index contributed by atoms with van der Waals surface area (Å²) in [5, 5.41) is 19.3. The summed E-state index contributed by atoms with van der Waals surface area (Å²) in [5.74, 6) is -1.07. The van der Waals surface area contributed by atoms with Gasteiger partial charge in [-0.25, -0.2) is 4.39 Å². The monoisotopic (exact) mass is 262 g/mol. The van der Waals surface area contributed by atoms with Crippen LogP contribution in [0.2, 0.25) is 0 Å². The molecule has 0 aliphatic carbocycles. The number of para-hydroxylation sites is 1. The van der Waals surface area contributed by atoms with Gasteiger partial charge in [-0.3, -0.25) is 0 Å². The third-order valence-electron chi connectivity index (χ3n) is 3.74. The topological polar surface area (TPSA) is 56.5 Å². The molecule has 1 aromatic rings. The average molecular weight is 262 g/mol. The van der Waals surface area contributed by atoms with Crippen LogP contribution in [0.1, 0.15) is 18.4 Å². The highest BCUT2D eigenvalue weighted by molar-refractivity contribution is 6.23. The molecule has 1 aliphatic heterocycles. The van der Waals surface area contributed by atoms with Crippen molar-refractivity contribution < 1.29 is 14.2 Å². The zero-order chi connectivity index (χ0) is 13.9. The van der Waals surface area contributed by atoms with Crippen molar-refractivity contribution in [2.24, 2.45) is 0 Å². The van der Waals surface area contributed by atoms with Gasteiger partial charge in [0, 0.05) is 12.7 Å². The van der Waals surface area contributed by atoms with Crippen molar-refractivity contribution in [2.75, 3.05) is 20.2 Å². The van der Waals surface area contributed by atoms with Gasteiger partial charge in [0.05, 0.1) is 11.5 Å². The predicted molar refractivity (Wildman–Crippen MR) is 70.3 cm³/mol. The van der Waals surface area contributed by atoms with Crippen LogP contribution in [0.3, 0.4) is 0 Å². The molecule has 1 fully saturated rings. The van der Waals surface area contributed by atoms with E-state index in [-0.39, 0.29) is 0 Å². The number of rotatable bonds is 3. The first-order valence-electron chi connectivity index (χ1n) is 6.23. The second-order valence-corrected chi connectivity index (χ2v) is 4.87. The number of aromatic hydroxyl groups is 1. The number of benzene rings is 1. The molecule has 0 radical (unpaired) electrons. The summed E-state index contributed by atoms with van der Waals surface area (Å²) in [7, 11) is 2.15. The summed E-state index contributed by atoms with van der Waals surface area (Å²) in [6.45, 7) is 1.38. The number of nitriles is 1. The predicted octanol–water partition coefficient (Wildman–Crippen LogP) is 1.30. The van der Waals surface area contributed by atoms with E-state index in [9.17, 15) is 14.8 Å². The molecular formula is C13H16BFN2O2. The van der Waals surface area contributed by atoms with E-state index in [0.717, 1.165) is 0 Å². The first kappa shape index (κ1) is 13.8. The summed E-state index contributed by atoms with van der Waals surface area (Å²) < 4.78 is 18.5. The van der Waals surface area contributed by atoms with Crippen LogP contribution in [-0.4, -0.2) is 37.7 Å². The minimum atomic E-state index is -0.809. The standard InChI is InChI=1S/C13H16BFN2O2/c1-19-14-17-7-5-13(9-16,6-8-17)10-3-2-4-11(15)12(10)18/h2-4,14,18H,5-8H2,1H3. The molecule has 1 aromatic carbocycles. The van der Waals surface area contributed by atoms with E-state index in [1.54, 1.807) is 13.2 Å². The molecule has 100 valence electrons. The van der Waals surface area contributed by atoms with E-state index in [4.69, 9.17) is 4.65 Å². The van der Waals surface area contributed by atoms with Crippen LogP contribution in [0.25, 0.3) is 0 Å². The first-order chi connectivity index (χ1) is 9.13. The van der Waals surface area contributed by atoms with Crippen LogP contribution in [0.15, 0.2) is 18.2 Å². The fourth-order valence-electron chi connectivity index (χ4n) is 2.59.